The first kappa shape index (κ1) is 9.10. The van der Waals surface area contributed by atoms with Crippen LogP contribution in [0.25, 0.3) is 0 Å². The van der Waals surface area contributed by atoms with E-state index in [1.807, 2.05) is 0 Å². The van der Waals surface area contributed by atoms with Crippen LogP contribution in [0, 0.1) is 0 Å². The molecule has 4 heteroatoms. The van der Waals surface area contributed by atoms with E-state index in [-0.39, 0.29) is 6.61 Å². The minimum atomic E-state index is -0.776. The number of hydrogen-bond donors (Lipinski definition) is 1. The fourth-order valence-corrected chi connectivity index (χ4v) is 0.365. The Balaban J connectivity index is 3.50. The van der Waals surface area contributed by atoms with Gasteiger partial charge in [0.2, 0.25) is 0 Å². The van der Waals surface area contributed by atoms with E-state index >= 15 is 0 Å². The zero-order valence-corrected chi connectivity index (χ0v) is 5.76. The second kappa shape index (κ2) is 4.93. The molecule has 0 aliphatic heterocycles. The predicted molar refractivity (Wildman–Crippen MR) is 34.9 cm³/mol. The van der Waals surface area contributed by atoms with Gasteiger partial charge in [-0.2, -0.15) is 5.54 Å². The summed E-state index contributed by atoms with van der Waals surface area (Å²) in [5.74, 6) is -0.776. The third-order valence-electron chi connectivity index (χ3n) is 0.926. The zero-order chi connectivity index (χ0) is 7.98. The van der Waals surface area contributed by atoms with Crippen LogP contribution in [-0.2, 0) is 9.53 Å². The van der Waals surface area contributed by atoms with E-state index in [4.69, 9.17) is 4.74 Å². The van der Waals surface area contributed by atoms with Crippen LogP contribution in [0.3, 0.4) is 0 Å². The van der Waals surface area contributed by atoms with Gasteiger partial charge in [0.25, 0.3) is 5.91 Å². The normalized spacial score (nSPS) is 12.2. The molecule has 0 aliphatic carbocycles. The van der Waals surface area contributed by atoms with Crippen molar-refractivity contribution in [2.45, 2.75) is 13.0 Å². The molecule has 0 aromatic heterocycles. The smallest absolute Gasteiger partial charge is 0.276 e. The first-order chi connectivity index (χ1) is 4.72. The number of amides is 1. The Morgan fingerprint density at radius 1 is 2.00 bits per heavy atom. The van der Waals surface area contributed by atoms with E-state index in [9.17, 15) is 9.28 Å². The fourth-order valence-electron chi connectivity index (χ4n) is 0.365. The maximum absolute atomic E-state index is 11.4. The summed E-state index contributed by atoms with van der Waals surface area (Å²) in [6, 6.07) is 0. The van der Waals surface area contributed by atoms with E-state index in [2.05, 4.69) is 6.58 Å². The van der Waals surface area contributed by atoms with Gasteiger partial charge in [-0.05, 0) is 6.92 Å². The molecule has 3 nitrogen and oxygen atoms in total. The van der Waals surface area contributed by atoms with Crippen molar-refractivity contribution in [3.63, 3.8) is 0 Å². The van der Waals surface area contributed by atoms with Crippen LogP contribution in [0.1, 0.15) is 6.92 Å². The van der Waals surface area contributed by atoms with Crippen LogP contribution in [-0.4, -0.2) is 18.6 Å². The largest absolute Gasteiger partial charge is 0.365 e. The van der Waals surface area contributed by atoms with Gasteiger partial charge < -0.3 is 4.74 Å². The van der Waals surface area contributed by atoms with Gasteiger partial charge in [0.05, 0.1) is 6.61 Å². The van der Waals surface area contributed by atoms with E-state index in [0.29, 0.717) is 0 Å². The van der Waals surface area contributed by atoms with Gasteiger partial charge in [0, 0.05) is 0 Å². The summed E-state index contributed by atoms with van der Waals surface area (Å²) in [7, 11) is 0. The van der Waals surface area contributed by atoms with Crippen molar-refractivity contribution in [1.82, 2.24) is 5.54 Å². The van der Waals surface area contributed by atoms with Gasteiger partial charge in [-0.15, -0.1) is 11.1 Å². The third kappa shape index (κ3) is 3.19. The molecule has 1 unspecified atom stereocenters. The van der Waals surface area contributed by atoms with E-state index in [1.54, 1.807) is 0 Å². The topological polar surface area (TPSA) is 38.3 Å². The van der Waals surface area contributed by atoms with Crippen molar-refractivity contribution in [3.05, 3.63) is 12.7 Å². The molecule has 10 heavy (non-hydrogen) atoms. The Morgan fingerprint density at radius 3 is 3.00 bits per heavy atom. The summed E-state index contributed by atoms with van der Waals surface area (Å²) in [6.07, 6.45) is 0.727. The Labute approximate surface area is 58.8 Å². The van der Waals surface area contributed by atoms with Crippen molar-refractivity contribution < 1.29 is 14.0 Å². The summed E-state index contributed by atoms with van der Waals surface area (Å²) >= 11 is 0. The molecular formula is C6H10FNO2. The van der Waals surface area contributed by atoms with Gasteiger partial charge in [-0.3, -0.25) is 4.79 Å². The Hall–Kier alpha value is -0.900. The second-order valence-electron chi connectivity index (χ2n) is 1.72. The van der Waals surface area contributed by atoms with Crippen molar-refractivity contribution in [2.75, 3.05) is 6.61 Å². The van der Waals surface area contributed by atoms with E-state index in [1.165, 1.54) is 13.0 Å². The van der Waals surface area contributed by atoms with Gasteiger partial charge in [-0.25, -0.2) is 0 Å². The number of halogens is 1. The van der Waals surface area contributed by atoms with Gasteiger partial charge in [0.15, 0.2) is 0 Å². The molecule has 0 saturated carbocycles. The number of carbonyl (C=O) groups excluding carboxylic acids is 1. The lowest BCUT2D eigenvalue weighted by atomic mass is 10.4. The van der Waals surface area contributed by atoms with Gasteiger partial charge >= 0.3 is 0 Å². The summed E-state index contributed by atoms with van der Waals surface area (Å²) in [5.41, 5.74) is 0.975. The maximum atomic E-state index is 11.4. The molecule has 0 rings (SSSR count). The van der Waals surface area contributed by atoms with Crippen LogP contribution in [0.4, 0.5) is 4.48 Å². The van der Waals surface area contributed by atoms with Crippen molar-refractivity contribution in [2.24, 2.45) is 0 Å². The number of ether oxygens (including phenoxy) is 1. The molecule has 1 N–H and O–H groups in total. The zero-order valence-electron chi connectivity index (χ0n) is 5.76. The highest BCUT2D eigenvalue weighted by molar-refractivity contribution is 5.79. The van der Waals surface area contributed by atoms with Gasteiger partial charge in [-0.1, -0.05) is 6.08 Å². The number of rotatable bonds is 4. The highest BCUT2D eigenvalue weighted by Gasteiger charge is 2.10. The molecule has 0 radical (unpaired) electrons. The summed E-state index contributed by atoms with van der Waals surface area (Å²) in [4.78, 5) is 10.4. The van der Waals surface area contributed by atoms with E-state index in [0.717, 1.165) is 5.54 Å². The monoisotopic (exact) mass is 147 g/mol. The minimum Gasteiger partial charge on any atom is -0.365 e. The van der Waals surface area contributed by atoms with Crippen molar-refractivity contribution >= 4 is 5.91 Å². The SMILES string of the molecule is C=CCOC(C)C(=O)NF. The average molecular weight is 147 g/mol. The van der Waals surface area contributed by atoms with Crippen LogP contribution in [0.15, 0.2) is 12.7 Å². The predicted octanol–water partition coefficient (Wildman–Crippen LogP) is 0.578. The number of hydrogen-bond acceptors (Lipinski definition) is 2. The molecule has 0 aromatic carbocycles. The summed E-state index contributed by atoms with van der Waals surface area (Å²) in [5, 5.41) is 0. The molecule has 0 aromatic rings. The first-order valence-electron chi connectivity index (χ1n) is 2.85. The van der Waals surface area contributed by atoms with Crippen LogP contribution >= 0.6 is 0 Å². The minimum absolute atomic E-state index is 0.245. The average Bonchev–Trinajstić information content (AvgIpc) is 1.98. The van der Waals surface area contributed by atoms with Crippen molar-refractivity contribution in [3.8, 4) is 0 Å². The lowest BCUT2D eigenvalue weighted by Gasteiger charge is -2.06. The first-order valence-corrected chi connectivity index (χ1v) is 2.85. The molecule has 1 amide bonds. The Morgan fingerprint density at radius 2 is 2.60 bits per heavy atom. The molecular weight excluding hydrogens is 137 g/mol. The molecule has 0 fully saturated rings. The molecule has 0 saturated heterocycles. The third-order valence-corrected chi connectivity index (χ3v) is 0.926. The molecule has 0 heterocycles. The molecule has 58 valence electrons. The second-order valence-corrected chi connectivity index (χ2v) is 1.72. The number of carbonyl (C=O) groups is 1. The fraction of sp³-hybridized carbons (Fsp3) is 0.500. The lowest BCUT2D eigenvalue weighted by molar-refractivity contribution is -0.135. The molecule has 1 atom stereocenters. The lowest BCUT2D eigenvalue weighted by Crippen LogP contribution is -2.29. The van der Waals surface area contributed by atoms with Crippen LogP contribution in [0.2, 0.25) is 0 Å². The Bertz CT molecular complexity index is 127. The van der Waals surface area contributed by atoms with E-state index < -0.39 is 12.0 Å². The standard InChI is InChI=1S/C6H10FNO2/c1-3-4-10-5(2)6(9)8-7/h3,5H,1,4H2,2H3,(H,8,9). The molecule has 0 bridgehead atoms. The van der Waals surface area contributed by atoms with Crippen molar-refractivity contribution in [1.29, 1.82) is 0 Å². The number of nitrogens with one attached hydrogen (secondary N) is 1. The molecule has 0 aliphatic rings. The quantitative estimate of drug-likeness (QED) is 0.466. The summed E-state index contributed by atoms with van der Waals surface area (Å²) in [6.45, 7) is 5.07. The van der Waals surface area contributed by atoms with Gasteiger partial charge in [0.1, 0.15) is 6.10 Å². The Kier molecular flexibility index (Phi) is 4.49. The van der Waals surface area contributed by atoms with Crippen LogP contribution < -0.4 is 5.54 Å². The molecule has 0 spiro atoms. The highest BCUT2D eigenvalue weighted by Crippen LogP contribution is 1.89. The summed E-state index contributed by atoms with van der Waals surface area (Å²) < 4.78 is 16.1. The maximum Gasteiger partial charge on any atom is 0.276 e. The van der Waals surface area contributed by atoms with Crippen LogP contribution in [0.5, 0.6) is 0 Å². The highest BCUT2D eigenvalue weighted by atomic mass is 19.2.